The minimum absolute atomic E-state index is 0.00352. The molecule has 0 aliphatic rings. The number of hydrogen-bond donors (Lipinski definition) is 0. The number of hydrogen-bond acceptors (Lipinski definition) is 0. The second-order valence-electron chi connectivity index (χ2n) is 2.93. The van der Waals surface area contributed by atoms with Gasteiger partial charge in [0.15, 0.2) is 0 Å². The first-order valence-corrected chi connectivity index (χ1v) is 5.97. The van der Waals surface area contributed by atoms with Crippen molar-refractivity contribution in [2.45, 2.75) is 19.9 Å². The van der Waals surface area contributed by atoms with Crippen LogP contribution in [0.2, 0.25) is 6.04 Å². The van der Waals surface area contributed by atoms with Crippen molar-refractivity contribution in [2.75, 3.05) is 0 Å². The van der Waals surface area contributed by atoms with E-state index in [0.717, 1.165) is 5.56 Å². The van der Waals surface area contributed by atoms with Gasteiger partial charge in [-0.15, -0.1) is 0 Å². The average molecular weight is 186 g/mol. The average Bonchev–Trinajstić information content (AvgIpc) is 2.05. The second kappa shape index (κ2) is 3.35. The van der Waals surface area contributed by atoms with Gasteiger partial charge in [0, 0.05) is 5.19 Å². The Kier molecular flexibility index (Phi) is 2.62. The molecule has 0 saturated carbocycles. The van der Waals surface area contributed by atoms with Crippen LogP contribution in [0.4, 0.5) is 8.22 Å². The van der Waals surface area contributed by atoms with Gasteiger partial charge in [-0.1, -0.05) is 36.8 Å². The Morgan fingerprint density at radius 1 is 1.33 bits per heavy atom. The van der Waals surface area contributed by atoms with Crippen molar-refractivity contribution in [3.63, 3.8) is 0 Å². The molecule has 0 atom stereocenters. The maximum atomic E-state index is 13.2. The van der Waals surface area contributed by atoms with Crippen LogP contribution in [0.1, 0.15) is 12.5 Å². The summed E-state index contributed by atoms with van der Waals surface area (Å²) in [7, 11) is -4.08. The van der Waals surface area contributed by atoms with Crippen molar-refractivity contribution < 1.29 is 8.22 Å². The Balaban J connectivity index is 3.03. The van der Waals surface area contributed by atoms with Crippen LogP contribution in [0, 0.1) is 6.92 Å². The quantitative estimate of drug-likeness (QED) is 0.492. The molecule has 1 rings (SSSR count). The highest BCUT2D eigenvalue weighted by atomic mass is 28.4. The van der Waals surface area contributed by atoms with E-state index in [1.54, 1.807) is 19.1 Å². The van der Waals surface area contributed by atoms with Gasteiger partial charge in [0.25, 0.3) is 0 Å². The molecule has 1 aromatic carbocycles. The van der Waals surface area contributed by atoms with Crippen molar-refractivity contribution in [1.82, 2.24) is 0 Å². The summed E-state index contributed by atoms with van der Waals surface area (Å²) in [6.07, 6.45) is 0. The molecule has 0 aliphatic heterocycles. The van der Waals surface area contributed by atoms with Gasteiger partial charge >= 0.3 is 8.74 Å². The summed E-state index contributed by atoms with van der Waals surface area (Å²) in [5.74, 6) is 0. The lowest BCUT2D eigenvalue weighted by atomic mass is 10.2. The highest BCUT2D eigenvalue weighted by Crippen LogP contribution is 2.13. The number of halogens is 2. The van der Waals surface area contributed by atoms with Gasteiger partial charge in [0.2, 0.25) is 0 Å². The van der Waals surface area contributed by atoms with Crippen molar-refractivity contribution in [2.24, 2.45) is 0 Å². The highest BCUT2D eigenvalue weighted by Gasteiger charge is 2.35. The molecular formula is C9H12F2Si. The monoisotopic (exact) mass is 186 g/mol. The van der Waals surface area contributed by atoms with Gasteiger partial charge in [0.05, 0.1) is 0 Å². The standard InChI is InChI=1S/C9H12F2Si/c1-3-12(10,11)9-6-4-5-8(2)7-9/h4-7H,3H2,1-2H3. The predicted molar refractivity (Wildman–Crippen MR) is 49.3 cm³/mol. The Hall–Kier alpha value is -0.703. The molecule has 0 amide bonds. The number of aryl methyl sites for hydroxylation is 1. The number of benzene rings is 1. The Morgan fingerprint density at radius 2 is 2.00 bits per heavy atom. The fourth-order valence-electron chi connectivity index (χ4n) is 1.08. The van der Waals surface area contributed by atoms with Gasteiger partial charge in [-0.25, -0.2) is 0 Å². The summed E-state index contributed by atoms with van der Waals surface area (Å²) in [6, 6.07) is 6.65. The van der Waals surface area contributed by atoms with Gasteiger partial charge in [-0.3, -0.25) is 8.22 Å². The van der Waals surface area contributed by atoms with Crippen LogP contribution >= 0.6 is 0 Å². The van der Waals surface area contributed by atoms with Crippen molar-refractivity contribution in [3.8, 4) is 0 Å². The van der Waals surface area contributed by atoms with E-state index >= 15 is 0 Å². The van der Waals surface area contributed by atoms with Gasteiger partial charge < -0.3 is 0 Å². The Bertz CT molecular complexity index is 271. The normalized spacial score (nSPS) is 11.7. The SMILES string of the molecule is CC[Si](F)(F)c1cccc(C)c1. The lowest BCUT2D eigenvalue weighted by Gasteiger charge is -2.10. The molecule has 0 aromatic heterocycles. The van der Waals surface area contributed by atoms with Crippen LogP contribution in [0.3, 0.4) is 0 Å². The molecule has 12 heavy (non-hydrogen) atoms. The Morgan fingerprint density at radius 3 is 2.50 bits per heavy atom. The maximum Gasteiger partial charge on any atom is 0.455 e. The van der Waals surface area contributed by atoms with E-state index < -0.39 is 8.74 Å². The summed E-state index contributed by atoms with van der Waals surface area (Å²) < 4.78 is 26.4. The third-order valence-electron chi connectivity index (χ3n) is 1.88. The Labute approximate surface area is 72.6 Å². The summed E-state index contributed by atoms with van der Waals surface area (Å²) in [5, 5.41) is 0.255. The lowest BCUT2D eigenvalue weighted by molar-refractivity contribution is 0.625. The second-order valence-corrected chi connectivity index (χ2v) is 5.62. The smallest absolute Gasteiger partial charge is 0.265 e. The van der Waals surface area contributed by atoms with Crippen molar-refractivity contribution in [1.29, 1.82) is 0 Å². The minimum Gasteiger partial charge on any atom is -0.265 e. The molecule has 3 heteroatoms. The molecular weight excluding hydrogens is 174 g/mol. The minimum atomic E-state index is -4.08. The molecule has 0 bridgehead atoms. The molecule has 0 aliphatic carbocycles. The van der Waals surface area contributed by atoms with E-state index in [1.807, 2.05) is 13.0 Å². The first-order chi connectivity index (χ1) is 5.56. The highest BCUT2D eigenvalue weighted by molar-refractivity contribution is 6.79. The van der Waals surface area contributed by atoms with E-state index in [0.29, 0.717) is 0 Å². The van der Waals surface area contributed by atoms with E-state index in [1.165, 1.54) is 6.07 Å². The van der Waals surface area contributed by atoms with Gasteiger partial charge in [-0.05, 0) is 13.0 Å². The zero-order valence-corrected chi connectivity index (χ0v) is 8.27. The van der Waals surface area contributed by atoms with Gasteiger partial charge in [-0.2, -0.15) is 0 Å². The van der Waals surface area contributed by atoms with Crippen molar-refractivity contribution in [3.05, 3.63) is 29.8 Å². The molecule has 0 unspecified atom stereocenters. The summed E-state index contributed by atoms with van der Waals surface area (Å²) in [6.45, 7) is 3.39. The summed E-state index contributed by atoms with van der Waals surface area (Å²) >= 11 is 0. The molecule has 0 heterocycles. The van der Waals surface area contributed by atoms with Crippen LogP contribution < -0.4 is 5.19 Å². The summed E-state index contributed by atoms with van der Waals surface area (Å²) in [5.41, 5.74) is 0.910. The topological polar surface area (TPSA) is 0 Å². The molecule has 0 fully saturated rings. The van der Waals surface area contributed by atoms with Crippen molar-refractivity contribution >= 4 is 13.9 Å². The fourth-order valence-corrected chi connectivity index (χ4v) is 2.26. The van der Waals surface area contributed by atoms with Crippen LogP contribution in [-0.4, -0.2) is 8.74 Å². The predicted octanol–water partition coefficient (Wildman–Crippen LogP) is 2.60. The number of rotatable bonds is 2. The zero-order valence-electron chi connectivity index (χ0n) is 7.27. The molecule has 0 radical (unpaired) electrons. The molecule has 66 valence electrons. The molecule has 1 aromatic rings. The van der Waals surface area contributed by atoms with Crippen LogP contribution in [0.15, 0.2) is 24.3 Å². The largest absolute Gasteiger partial charge is 0.455 e. The van der Waals surface area contributed by atoms with E-state index in [4.69, 9.17) is 0 Å². The van der Waals surface area contributed by atoms with E-state index in [9.17, 15) is 8.22 Å². The molecule has 0 spiro atoms. The van der Waals surface area contributed by atoms with Crippen LogP contribution in [0.5, 0.6) is 0 Å². The first kappa shape index (κ1) is 9.39. The first-order valence-electron chi connectivity index (χ1n) is 4.01. The zero-order chi connectivity index (χ0) is 9.19. The molecule has 0 nitrogen and oxygen atoms in total. The summed E-state index contributed by atoms with van der Waals surface area (Å²) in [4.78, 5) is 0. The maximum absolute atomic E-state index is 13.2. The fraction of sp³-hybridized carbons (Fsp3) is 0.333. The third kappa shape index (κ3) is 1.91. The molecule has 0 N–H and O–H groups in total. The third-order valence-corrected chi connectivity index (χ3v) is 3.93. The van der Waals surface area contributed by atoms with Gasteiger partial charge in [0.1, 0.15) is 0 Å². The van der Waals surface area contributed by atoms with E-state index in [2.05, 4.69) is 0 Å². The lowest BCUT2D eigenvalue weighted by Crippen LogP contribution is -2.37. The van der Waals surface area contributed by atoms with Crippen LogP contribution in [-0.2, 0) is 0 Å². The van der Waals surface area contributed by atoms with E-state index in [-0.39, 0.29) is 11.2 Å². The molecule has 0 saturated heterocycles. The van der Waals surface area contributed by atoms with Crippen LogP contribution in [0.25, 0.3) is 0 Å².